The van der Waals surface area contributed by atoms with Crippen molar-refractivity contribution in [2.75, 3.05) is 0 Å². The summed E-state index contributed by atoms with van der Waals surface area (Å²) >= 11 is 0. The van der Waals surface area contributed by atoms with E-state index < -0.39 is 11.5 Å². The van der Waals surface area contributed by atoms with Gasteiger partial charge in [0.05, 0.1) is 0 Å². The van der Waals surface area contributed by atoms with E-state index in [0.29, 0.717) is 5.56 Å². The molecule has 2 aromatic rings. The lowest BCUT2D eigenvalue weighted by Crippen LogP contribution is -2.26. The van der Waals surface area contributed by atoms with Crippen LogP contribution in [0.1, 0.15) is 12.0 Å². The Hall–Kier alpha value is -1.42. The van der Waals surface area contributed by atoms with Gasteiger partial charge in [0.2, 0.25) is 0 Å². The van der Waals surface area contributed by atoms with Gasteiger partial charge in [-0.3, -0.25) is 0 Å². The number of hydrogen-bond acceptors (Lipinski definition) is 1. The van der Waals surface area contributed by atoms with Crippen molar-refractivity contribution in [1.82, 2.24) is 4.98 Å². The van der Waals surface area contributed by atoms with Gasteiger partial charge < -0.3 is 10.7 Å². The predicted octanol–water partition coefficient (Wildman–Crippen LogP) is 2.36. The maximum Gasteiger partial charge on any atom is 0.272 e. The number of aromatic nitrogens is 1. The van der Waals surface area contributed by atoms with Crippen molar-refractivity contribution >= 4 is 10.9 Å². The van der Waals surface area contributed by atoms with E-state index in [1.165, 1.54) is 0 Å². The van der Waals surface area contributed by atoms with Crippen LogP contribution in [-0.2, 0) is 5.54 Å². The fraction of sp³-hybridized carbons (Fsp3) is 0.273. The van der Waals surface area contributed by atoms with Gasteiger partial charge in [-0.05, 0) is 23.1 Å². The fourth-order valence-corrected chi connectivity index (χ4v) is 1.94. The van der Waals surface area contributed by atoms with E-state index in [2.05, 4.69) is 4.98 Å². The second-order valence-corrected chi connectivity index (χ2v) is 4.13. The summed E-state index contributed by atoms with van der Waals surface area (Å²) in [6.45, 7) is 0. The number of nitrogens with two attached hydrogens (primary N) is 1. The number of rotatable bonds is 1. The largest absolute Gasteiger partial charge is 0.361 e. The molecule has 1 aliphatic carbocycles. The lowest BCUT2D eigenvalue weighted by Gasteiger charge is -2.10. The quantitative estimate of drug-likeness (QED) is 0.742. The molecule has 3 N–H and O–H groups in total. The standard InChI is InChI=1S/C11H10F2N2/c12-11(13)6-10(11,14)8-2-1-7-3-4-15-9(7)5-8/h1-5,15H,6,14H2. The number of nitrogens with one attached hydrogen (secondary N) is 1. The minimum absolute atomic E-state index is 0.258. The zero-order chi connectivity index (χ0) is 10.7. The highest BCUT2D eigenvalue weighted by Gasteiger charge is 2.69. The van der Waals surface area contributed by atoms with Crippen LogP contribution >= 0.6 is 0 Å². The molecule has 1 aliphatic rings. The van der Waals surface area contributed by atoms with Crippen molar-refractivity contribution in [3.63, 3.8) is 0 Å². The average molecular weight is 208 g/mol. The summed E-state index contributed by atoms with van der Waals surface area (Å²) in [5.74, 6) is -2.76. The molecule has 2 nitrogen and oxygen atoms in total. The minimum Gasteiger partial charge on any atom is -0.361 e. The van der Waals surface area contributed by atoms with Gasteiger partial charge in [0.15, 0.2) is 0 Å². The molecule has 0 amide bonds. The Labute approximate surface area is 85.1 Å². The molecule has 0 spiro atoms. The molecule has 78 valence electrons. The van der Waals surface area contributed by atoms with Crippen LogP contribution in [0.3, 0.4) is 0 Å². The van der Waals surface area contributed by atoms with Crippen LogP contribution in [0.5, 0.6) is 0 Å². The zero-order valence-electron chi connectivity index (χ0n) is 7.93. The van der Waals surface area contributed by atoms with Crippen molar-refractivity contribution in [2.45, 2.75) is 17.9 Å². The van der Waals surface area contributed by atoms with Crippen LogP contribution in [-0.4, -0.2) is 10.9 Å². The molecule has 1 fully saturated rings. The van der Waals surface area contributed by atoms with Gasteiger partial charge in [0.25, 0.3) is 5.92 Å². The third kappa shape index (κ3) is 1.05. The van der Waals surface area contributed by atoms with Crippen LogP contribution in [0.2, 0.25) is 0 Å². The second kappa shape index (κ2) is 2.39. The number of halogens is 2. The first-order valence-electron chi connectivity index (χ1n) is 4.77. The molecular weight excluding hydrogens is 198 g/mol. The smallest absolute Gasteiger partial charge is 0.272 e. The predicted molar refractivity (Wildman–Crippen MR) is 53.7 cm³/mol. The number of alkyl halides is 2. The summed E-state index contributed by atoms with van der Waals surface area (Å²) < 4.78 is 26.1. The van der Waals surface area contributed by atoms with Gasteiger partial charge in [0.1, 0.15) is 5.54 Å². The molecule has 1 aromatic carbocycles. The van der Waals surface area contributed by atoms with Crippen LogP contribution in [0.4, 0.5) is 8.78 Å². The van der Waals surface area contributed by atoms with E-state index in [0.717, 1.165) is 10.9 Å². The Bertz CT molecular complexity index is 532. The first-order chi connectivity index (χ1) is 7.03. The van der Waals surface area contributed by atoms with Gasteiger partial charge in [-0.15, -0.1) is 0 Å². The summed E-state index contributed by atoms with van der Waals surface area (Å²) in [6, 6.07) is 7.09. The van der Waals surface area contributed by atoms with Crippen LogP contribution in [0, 0.1) is 0 Å². The molecular formula is C11H10F2N2. The van der Waals surface area contributed by atoms with Crippen LogP contribution in [0.25, 0.3) is 10.9 Å². The summed E-state index contributed by atoms with van der Waals surface area (Å²) in [6.07, 6.45) is 1.52. The summed E-state index contributed by atoms with van der Waals surface area (Å²) in [7, 11) is 0. The summed E-state index contributed by atoms with van der Waals surface area (Å²) in [5, 5.41) is 1.01. The highest BCUT2D eigenvalue weighted by molar-refractivity contribution is 5.80. The maximum absolute atomic E-state index is 13.1. The van der Waals surface area contributed by atoms with Gasteiger partial charge in [-0.25, -0.2) is 8.78 Å². The molecule has 3 rings (SSSR count). The highest BCUT2D eigenvalue weighted by Crippen LogP contribution is 2.57. The number of H-pyrrole nitrogens is 1. The van der Waals surface area contributed by atoms with E-state index in [1.807, 2.05) is 12.1 Å². The molecule has 0 aliphatic heterocycles. The van der Waals surface area contributed by atoms with Crippen molar-refractivity contribution in [1.29, 1.82) is 0 Å². The molecule has 1 aromatic heterocycles. The number of benzene rings is 1. The Morgan fingerprint density at radius 1 is 1.27 bits per heavy atom. The Morgan fingerprint density at radius 2 is 2.00 bits per heavy atom. The fourth-order valence-electron chi connectivity index (χ4n) is 1.94. The van der Waals surface area contributed by atoms with E-state index in [9.17, 15) is 8.78 Å². The highest BCUT2D eigenvalue weighted by atomic mass is 19.3. The van der Waals surface area contributed by atoms with E-state index in [4.69, 9.17) is 5.73 Å². The SMILES string of the molecule is NC1(c2ccc3cc[nH]c3c2)CC1(F)F. The minimum atomic E-state index is -2.76. The second-order valence-electron chi connectivity index (χ2n) is 4.13. The summed E-state index contributed by atoms with van der Waals surface area (Å²) in [5.41, 5.74) is 5.54. The van der Waals surface area contributed by atoms with Crippen molar-refractivity contribution in [3.8, 4) is 0 Å². The number of fused-ring (bicyclic) bond motifs is 1. The molecule has 0 bridgehead atoms. The van der Waals surface area contributed by atoms with E-state index in [1.54, 1.807) is 18.3 Å². The van der Waals surface area contributed by atoms with E-state index in [-0.39, 0.29) is 6.42 Å². The topological polar surface area (TPSA) is 41.8 Å². The van der Waals surface area contributed by atoms with Crippen molar-refractivity contribution in [3.05, 3.63) is 36.0 Å². The molecule has 0 saturated heterocycles. The Kier molecular flexibility index (Phi) is 1.41. The zero-order valence-corrected chi connectivity index (χ0v) is 7.93. The first-order valence-corrected chi connectivity index (χ1v) is 4.77. The molecule has 1 saturated carbocycles. The lowest BCUT2D eigenvalue weighted by atomic mass is 10.0. The monoisotopic (exact) mass is 208 g/mol. The molecule has 4 heteroatoms. The first kappa shape index (κ1) is 8.85. The molecule has 1 unspecified atom stereocenters. The average Bonchev–Trinajstić information content (AvgIpc) is 2.61. The van der Waals surface area contributed by atoms with Crippen LogP contribution in [0.15, 0.2) is 30.5 Å². The van der Waals surface area contributed by atoms with Gasteiger partial charge in [-0.1, -0.05) is 12.1 Å². The maximum atomic E-state index is 13.1. The molecule has 1 heterocycles. The molecule has 0 radical (unpaired) electrons. The van der Waals surface area contributed by atoms with Gasteiger partial charge >= 0.3 is 0 Å². The molecule has 1 atom stereocenters. The number of hydrogen-bond donors (Lipinski definition) is 2. The van der Waals surface area contributed by atoms with Crippen molar-refractivity contribution < 1.29 is 8.78 Å². The number of aromatic amines is 1. The molecule has 15 heavy (non-hydrogen) atoms. The van der Waals surface area contributed by atoms with Crippen molar-refractivity contribution in [2.24, 2.45) is 5.73 Å². The Balaban J connectivity index is 2.13. The Morgan fingerprint density at radius 3 is 2.67 bits per heavy atom. The van der Waals surface area contributed by atoms with Gasteiger partial charge in [-0.2, -0.15) is 0 Å². The third-order valence-corrected chi connectivity index (χ3v) is 3.10. The normalized spacial score (nSPS) is 28.2. The van der Waals surface area contributed by atoms with Gasteiger partial charge in [0, 0.05) is 18.1 Å². The lowest BCUT2D eigenvalue weighted by molar-refractivity contribution is 0.0891. The third-order valence-electron chi connectivity index (χ3n) is 3.10. The summed E-state index contributed by atoms with van der Waals surface area (Å²) in [4.78, 5) is 2.99. The van der Waals surface area contributed by atoms with Crippen LogP contribution < -0.4 is 5.73 Å². The van der Waals surface area contributed by atoms with E-state index >= 15 is 0 Å².